The Hall–Kier alpha value is -1.33. The molecule has 0 aromatic heterocycles. The van der Waals surface area contributed by atoms with Gasteiger partial charge in [0.25, 0.3) is 0 Å². The lowest BCUT2D eigenvalue weighted by Gasteiger charge is -2.32. The van der Waals surface area contributed by atoms with Gasteiger partial charge in [0.1, 0.15) is 6.29 Å². The zero-order valence-corrected chi connectivity index (χ0v) is 16.5. The van der Waals surface area contributed by atoms with Gasteiger partial charge in [-0.3, -0.25) is 0 Å². The van der Waals surface area contributed by atoms with Crippen molar-refractivity contribution >= 4 is 24.6 Å². The summed E-state index contributed by atoms with van der Waals surface area (Å²) in [5.74, 6) is 0. The first-order valence-corrected chi connectivity index (χ1v) is 8.70. The van der Waals surface area contributed by atoms with Crippen molar-refractivity contribution in [2.75, 3.05) is 18.5 Å². The summed E-state index contributed by atoms with van der Waals surface area (Å²) in [5, 5.41) is 0. The van der Waals surface area contributed by atoms with Crippen molar-refractivity contribution in [3.8, 4) is 0 Å². The minimum absolute atomic E-state index is 0. The number of rotatable bonds is 4. The van der Waals surface area contributed by atoms with E-state index in [0.29, 0.717) is 6.42 Å². The summed E-state index contributed by atoms with van der Waals surface area (Å²) in [5.41, 5.74) is 3.03. The molecule has 1 aliphatic rings. The number of hydrogen-bond donors (Lipinski definition) is 0. The number of nitrogens with zero attached hydrogens (tertiary/aromatic N) is 1. The smallest absolute Gasteiger partial charge is 0.399 e. The quantitative estimate of drug-likeness (QED) is 0.609. The highest BCUT2D eigenvalue weighted by molar-refractivity contribution is 6.62. The molecular weight excluding hydrogens is 313 g/mol. The summed E-state index contributed by atoms with van der Waals surface area (Å²) >= 11 is 0. The molecule has 0 radical (unpaired) electrons. The Morgan fingerprint density at radius 3 is 1.96 bits per heavy atom. The fourth-order valence-corrected chi connectivity index (χ4v) is 2.40. The van der Waals surface area contributed by atoms with Gasteiger partial charge in [-0.15, -0.1) is 0 Å². The van der Waals surface area contributed by atoms with E-state index in [4.69, 9.17) is 9.31 Å². The summed E-state index contributed by atoms with van der Waals surface area (Å²) < 4.78 is 12.2. The van der Waals surface area contributed by atoms with Crippen LogP contribution in [-0.4, -0.2) is 38.2 Å². The molecule has 1 aliphatic heterocycles. The molecule has 0 N–H and O–H groups in total. The van der Waals surface area contributed by atoms with Crippen molar-refractivity contribution < 1.29 is 14.1 Å². The van der Waals surface area contributed by atoms with E-state index in [-0.39, 0.29) is 25.7 Å². The van der Waals surface area contributed by atoms with Gasteiger partial charge >= 0.3 is 7.12 Å². The normalized spacial score (nSPS) is 17.2. The molecule has 0 bridgehead atoms. The molecule has 142 valence electrons. The number of anilines is 1. The third-order valence-corrected chi connectivity index (χ3v) is 4.80. The molecule has 1 aromatic rings. The molecular formula is C20H36BNO3. The fourth-order valence-electron chi connectivity index (χ4n) is 2.40. The molecule has 0 unspecified atom stereocenters. The van der Waals surface area contributed by atoms with Gasteiger partial charge in [-0.1, -0.05) is 26.5 Å². The van der Waals surface area contributed by atoms with Crippen molar-refractivity contribution in [1.29, 1.82) is 0 Å². The Kier molecular flexibility index (Phi) is 8.90. The van der Waals surface area contributed by atoms with Crippen LogP contribution in [0.3, 0.4) is 0 Å². The lowest BCUT2D eigenvalue weighted by atomic mass is 9.78. The molecule has 0 atom stereocenters. The second-order valence-electron chi connectivity index (χ2n) is 7.22. The molecule has 2 rings (SSSR count). The highest BCUT2D eigenvalue weighted by Gasteiger charge is 2.51. The van der Waals surface area contributed by atoms with Crippen LogP contribution in [0, 0.1) is 6.92 Å². The maximum absolute atomic E-state index is 9.17. The van der Waals surface area contributed by atoms with E-state index in [1.54, 1.807) is 0 Å². The Balaban J connectivity index is 0.00000104. The second-order valence-corrected chi connectivity index (χ2v) is 7.22. The van der Waals surface area contributed by atoms with Gasteiger partial charge in [-0.2, -0.15) is 0 Å². The molecule has 0 aliphatic carbocycles. The van der Waals surface area contributed by atoms with Crippen LogP contribution in [0.5, 0.6) is 0 Å². The Bertz CT molecular complexity index is 542. The van der Waals surface area contributed by atoms with E-state index in [1.807, 2.05) is 6.92 Å². The van der Waals surface area contributed by atoms with Crippen LogP contribution in [0.4, 0.5) is 5.69 Å². The molecule has 0 spiro atoms. The van der Waals surface area contributed by atoms with Gasteiger partial charge in [-0.05, 0) is 58.6 Å². The number of carbonyl (C=O) groups excluding carboxylic acids is 1. The second kappa shape index (κ2) is 9.39. The highest BCUT2D eigenvalue weighted by Crippen LogP contribution is 2.36. The molecule has 25 heavy (non-hydrogen) atoms. The van der Waals surface area contributed by atoms with Gasteiger partial charge in [0.15, 0.2) is 0 Å². The molecule has 0 saturated carbocycles. The zero-order valence-electron chi connectivity index (χ0n) is 16.5. The monoisotopic (exact) mass is 349 g/mol. The Labute approximate surface area is 155 Å². The maximum Gasteiger partial charge on any atom is 0.494 e. The van der Waals surface area contributed by atoms with Crippen molar-refractivity contribution in [3.05, 3.63) is 23.8 Å². The number of carbonyl (C=O) groups is 1. The van der Waals surface area contributed by atoms with E-state index in [9.17, 15) is 4.79 Å². The zero-order chi connectivity index (χ0) is 18.5. The third kappa shape index (κ3) is 5.58. The van der Waals surface area contributed by atoms with E-state index < -0.39 is 0 Å². The summed E-state index contributed by atoms with van der Waals surface area (Å²) in [6, 6.07) is 6.43. The minimum Gasteiger partial charge on any atom is -0.399 e. The number of aryl methyl sites for hydroxylation is 1. The highest BCUT2D eigenvalue weighted by atomic mass is 16.7. The van der Waals surface area contributed by atoms with Crippen LogP contribution >= 0.6 is 0 Å². The van der Waals surface area contributed by atoms with E-state index >= 15 is 0 Å². The topological polar surface area (TPSA) is 38.8 Å². The van der Waals surface area contributed by atoms with Gasteiger partial charge < -0.3 is 19.0 Å². The van der Waals surface area contributed by atoms with Gasteiger partial charge in [0, 0.05) is 25.7 Å². The van der Waals surface area contributed by atoms with Crippen LogP contribution in [-0.2, 0) is 14.1 Å². The largest absolute Gasteiger partial charge is 0.494 e. The SMILES string of the molecule is C.CCC=O.CCN(C)c1ccc(B2OC(C)(C)C(C)(C)O2)cc1C. The van der Waals surface area contributed by atoms with Crippen molar-refractivity contribution in [1.82, 2.24) is 0 Å². The van der Waals surface area contributed by atoms with Crippen LogP contribution in [0.1, 0.15) is 61.0 Å². The average molecular weight is 349 g/mol. The van der Waals surface area contributed by atoms with Crippen molar-refractivity contribution in [2.24, 2.45) is 0 Å². The number of hydrogen-bond acceptors (Lipinski definition) is 4. The summed E-state index contributed by atoms with van der Waals surface area (Å²) in [6.45, 7) is 15.4. The molecule has 1 aromatic carbocycles. The number of benzene rings is 1. The summed E-state index contributed by atoms with van der Waals surface area (Å²) in [7, 11) is 1.83. The predicted octanol–water partition coefficient (Wildman–Crippen LogP) is 3.98. The molecule has 1 fully saturated rings. The molecule has 1 saturated heterocycles. The fraction of sp³-hybridized carbons (Fsp3) is 0.650. The van der Waals surface area contributed by atoms with Crippen LogP contribution in [0.25, 0.3) is 0 Å². The first-order valence-electron chi connectivity index (χ1n) is 8.70. The molecule has 1 heterocycles. The third-order valence-electron chi connectivity index (χ3n) is 4.80. The van der Waals surface area contributed by atoms with Gasteiger partial charge in [0.2, 0.25) is 0 Å². The number of aldehydes is 1. The van der Waals surface area contributed by atoms with Crippen LogP contribution in [0.2, 0.25) is 0 Å². The van der Waals surface area contributed by atoms with Crippen LogP contribution in [0.15, 0.2) is 18.2 Å². The molecule has 4 nitrogen and oxygen atoms in total. The minimum atomic E-state index is -0.287. The summed E-state index contributed by atoms with van der Waals surface area (Å²) in [6.07, 6.45) is 1.51. The van der Waals surface area contributed by atoms with Gasteiger partial charge in [-0.25, -0.2) is 0 Å². The maximum atomic E-state index is 9.17. The predicted molar refractivity (Wildman–Crippen MR) is 109 cm³/mol. The van der Waals surface area contributed by atoms with E-state index in [0.717, 1.165) is 18.3 Å². The van der Waals surface area contributed by atoms with E-state index in [1.165, 1.54) is 11.3 Å². The lowest BCUT2D eigenvalue weighted by molar-refractivity contribution is -0.107. The first-order chi connectivity index (χ1) is 11.1. The first kappa shape index (κ1) is 23.7. The van der Waals surface area contributed by atoms with E-state index in [2.05, 4.69) is 71.7 Å². The van der Waals surface area contributed by atoms with Crippen molar-refractivity contribution in [3.63, 3.8) is 0 Å². The Morgan fingerprint density at radius 1 is 1.12 bits per heavy atom. The lowest BCUT2D eigenvalue weighted by Crippen LogP contribution is -2.41. The standard InChI is InChI=1S/C16H26BNO2.C3H6O.CH4/c1-8-18(7)14-10-9-13(11-12(14)2)17-19-15(3,4)16(5,6)20-17;1-2-3-4;/h9-11H,8H2,1-7H3;3H,2H2,1H3;1H4. The average Bonchev–Trinajstić information content (AvgIpc) is 2.75. The molecule has 0 amide bonds. The van der Waals surface area contributed by atoms with Crippen LogP contribution < -0.4 is 10.4 Å². The van der Waals surface area contributed by atoms with Gasteiger partial charge in [0.05, 0.1) is 11.2 Å². The summed E-state index contributed by atoms with van der Waals surface area (Å²) in [4.78, 5) is 11.4. The molecule has 5 heteroatoms. The van der Waals surface area contributed by atoms with Crippen molar-refractivity contribution in [2.45, 2.75) is 73.5 Å². The Morgan fingerprint density at radius 2 is 1.60 bits per heavy atom.